The number of alkyl halides is 3. The summed E-state index contributed by atoms with van der Waals surface area (Å²) in [7, 11) is 0. The van der Waals surface area contributed by atoms with E-state index in [9.17, 15) is 17.6 Å². The van der Waals surface area contributed by atoms with Crippen molar-refractivity contribution >= 4 is 5.82 Å². The standard InChI is InChI=1S/C17H16F4N2O/c18-12-3-5-13(6-4-12)24-14-7-10-23(11-8-14)16-15(17(19,20)21)2-1-9-22-16/h1-6,9,14H,7-8,10-11H2. The minimum absolute atomic E-state index is 0.0368. The normalized spacial score (nSPS) is 16.2. The zero-order valence-corrected chi connectivity index (χ0v) is 12.8. The summed E-state index contributed by atoms with van der Waals surface area (Å²) < 4.78 is 57.9. The first kappa shape index (κ1) is 16.5. The van der Waals surface area contributed by atoms with Gasteiger partial charge in [-0.05, 0) is 36.4 Å². The average Bonchev–Trinajstić information content (AvgIpc) is 2.57. The van der Waals surface area contributed by atoms with Crippen molar-refractivity contribution in [2.75, 3.05) is 18.0 Å². The maximum atomic E-state index is 13.1. The lowest BCUT2D eigenvalue weighted by Crippen LogP contribution is -2.39. The molecule has 1 aliphatic heterocycles. The largest absolute Gasteiger partial charge is 0.490 e. The van der Waals surface area contributed by atoms with Gasteiger partial charge in [-0.25, -0.2) is 9.37 Å². The van der Waals surface area contributed by atoms with Crippen molar-refractivity contribution in [1.82, 2.24) is 4.98 Å². The van der Waals surface area contributed by atoms with Crippen LogP contribution in [0.15, 0.2) is 42.6 Å². The van der Waals surface area contributed by atoms with Crippen LogP contribution < -0.4 is 9.64 Å². The summed E-state index contributed by atoms with van der Waals surface area (Å²) in [6, 6.07) is 8.05. The number of anilines is 1. The van der Waals surface area contributed by atoms with E-state index in [4.69, 9.17) is 4.74 Å². The Morgan fingerprint density at radius 3 is 2.33 bits per heavy atom. The van der Waals surface area contributed by atoms with Gasteiger partial charge in [0.2, 0.25) is 0 Å². The van der Waals surface area contributed by atoms with Crippen molar-refractivity contribution in [1.29, 1.82) is 0 Å². The quantitative estimate of drug-likeness (QED) is 0.780. The minimum Gasteiger partial charge on any atom is -0.490 e. The summed E-state index contributed by atoms with van der Waals surface area (Å²) in [5, 5.41) is 0. The molecule has 1 saturated heterocycles. The van der Waals surface area contributed by atoms with Crippen LogP contribution in [-0.2, 0) is 6.18 Å². The Labute approximate surface area is 136 Å². The first-order chi connectivity index (χ1) is 11.4. The molecule has 3 nitrogen and oxygen atoms in total. The molecule has 3 rings (SSSR count). The lowest BCUT2D eigenvalue weighted by atomic mass is 10.1. The molecule has 0 unspecified atom stereocenters. The molecule has 0 bridgehead atoms. The first-order valence-corrected chi connectivity index (χ1v) is 7.63. The second-order valence-corrected chi connectivity index (χ2v) is 5.63. The van der Waals surface area contributed by atoms with Crippen LogP contribution >= 0.6 is 0 Å². The lowest BCUT2D eigenvalue weighted by molar-refractivity contribution is -0.137. The fraction of sp³-hybridized carbons (Fsp3) is 0.353. The average molecular weight is 340 g/mol. The summed E-state index contributed by atoms with van der Waals surface area (Å²) in [4.78, 5) is 5.54. The highest BCUT2D eigenvalue weighted by atomic mass is 19.4. The molecule has 0 spiro atoms. The van der Waals surface area contributed by atoms with Crippen molar-refractivity contribution in [2.45, 2.75) is 25.1 Å². The number of aromatic nitrogens is 1. The van der Waals surface area contributed by atoms with Gasteiger partial charge < -0.3 is 9.64 Å². The van der Waals surface area contributed by atoms with Gasteiger partial charge >= 0.3 is 6.18 Å². The fourth-order valence-corrected chi connectivity index (χ4v) is 2.76. The number of benzene rings is 1. The molecule has 1 aliphatic rings. The van der Waals surface area contributed by atoms with Gasteiger partial charge in [0.1, 0.15) is 23.5 Å². The van der Waals surface area contributed by atoms with Gasteiger partial charge in [-0.2, -0.15) is 13.2 Å². The Hall–Kier alpha value is -2.31. The number of nitrogens with zero attached hydrogens (tertiary/aromatic N) is 2. The van der Waals surface area contributed by atoms with Gasteiger partial charge in [0.15, 0.2) is 0 Å². The summed E-state index contributed by atoms with van der Waals surface area (Å²) in [6.45, 7) is 0.845. The monoisotopic (exact) mass is 340 g/mol. The van der Waals surface area contributed by atoms with E-state index in [2.05, 4.69) is 4.98 Å². The second kappa shape index (κ2) is 6.67. The Balaban J connectivity index is 1.64. The molecule has 1 aromatic heterocycles. The van der Waals surface area contributed by atoms with Crippen LogP contribution in [0, 0.1) is 5.82 Å². The number of halogens is 4. The molecule has 2 aromatic rings. The van der Waals surface area contributed by atoms with E-state index in [0.717, 1.165) is 6.07 Å². The molecule has 128 valence electrons. The first-order valence-electron chi connectivity index (χ1n) is 7.63. The third-order valence-electron chi connectivity index (χ3n) is 3.95. The molecule has 0 N–H and O–H groups in total. The molecule has 2 heterocycles. The van der Waals surface area contributed by atoms with Gasteiger partial charge in [-0.1, -0.05) is 0 Å². The molecule has 0 atom stereocenters. The van der Waals surface area contributed by atoms with Gasteiger partial charge in [0, 0.05) is 32.1 Å². The highest BCUT2D eigenvalue weighted by Gasteiger charge is 2.36. The van der Waals surface area contributed by atoms with Crippen LogP contribution in [0.25, 0.3) is 0 Å². The van der Waals surface area contributed by atoms with E-state index in [1.54, 1.807) is 17.0 Å². The van der Waals surface area contributed by atoms with Crippen molar-refractivity contribution < 1.29 is 22.3 Å². The highest BCUT2D eigenvalue weighted by molar-refractivity contribution is 5.48. The van der Waals surface area contributed by atoms with Gasteiger partial charge in [0.25, 0.3) is 0 Å². The van der Waals surface area contributed by atoms with Crippen LogP contribution in [0.5, 0.6) is 5.75 Å². The van der Waals surface area contributed by atoms with E-state index < -0.39 is 11.7 Å². The Kier molecular flexibility index (Phi) is 4.59. The van der Waals surface area contributed by atoms with Gasteiger partial charge in [-0.3, -0.25) is 0 Å². The van der Waals surface area contributed by atoms with E-state index >= 15 is 0 Å². The zero-order chi connectivity index (χ0) is 17.2. The van der Waals surface area contributed by atoms with Crippen molar-refractivity contribution in [3.8, 4) is 5.75 Å². The maximum Gasteiger partial charge on any atom is 0.419 e. The number of pyridine rings is 1. The third-order valence-corrected chi connectivity index (χ3v) is 3.95. The smallest absolute Gasteiger partial charge is 0.419 e. The summed E-state index contributed by atoms with van der Waals surface area (Å²) >= 11 is 0. The third kappa shape index (κ3) is 3.77. The van der Waals surface area contributed by atoms with Crippen LogP contribution in [0.4, 0.5) is 23.4 Å². The molecule has 0 aliphatic carbocycles. The van der Waals surface area contributed by atoms with Gasteiger partial charge in [0.05, 0.1) is 5.56 Å². The molecule has 0 radical (unpaired) electrons. The predicted molar refractivity (Wildman–Crippen MR) is 81.5 cm³/mol. The Bertz CT molecular complexity index is 680. The highest BCUT2D eigenvalue weighted by Crippen LogP contribution is 2.36. The molecule has 1 aromatic carbocycles. The minimum atomic E-state index is -4.43. The lowest BCUT2D eigenvalue weighted by Gasteiger charge is -2.34. The van der Waals surface area contributed by atoms with E-state index in [1.165, 1.54) is 24.4 Å². The summed E-state index contributed by atoms with van der Waals surface area (Å²) in [5.41, 5.74) is -0.720. The van der Waals surface area contributed by atoms with Crippen LogP contribution in [-0.4, -0.2) is 24.2 Å². The van der Waals surface area contributed by atoms with E-state index in [1.807, 2.05) is 0 Å². The number of rotatable bonds is 3. The van der Waals surface area contributed by atoms with Crippen LogP contribution in [0.2, 0.25) is 0 Å². The van der Waals surface area contributed by atoms with Crippen molar-refractivity contribution in [2.24, 2.45) is 0 Å². The molecule has 0 amide bonds. The second-order valence-electron chi connectivity index (χ2n) is 5.63. The molecule has 1 fully saturated rings. The zero-order valence-electron chi connectivity index (χ0n) is 12.8. The number of hydrogen-bond donors (Lipinski definition) is 0. The molecule has 24 heavy (non-hydrogen) atoms. The van der Waals surface area contributed by atoms with E-state index in [0.29, 0.717) is 31.7 Å². The van der Waals surface area contributed by atoms with Gasteiger partial charge in [-0.15, -0.1) is 0 Å². The number of hydrogen-bond acceptors (Lipinski definition) is 3. The molecule has 7 heteroatoms. The van der Waals surface area contributed by atoms with E-state index in [-0.39, 0.29) is 17.7 Å². The Morgan fingerprint density at radius 2 is 1.71 bits per heavy atom. The van der Waals surface area contributed by atoms with Crippen molar-refractivity contribution in [3.63, 3.8) is 0 Å². The molecular weight excluding hydrogens is 324 g/mol. The van der Waals surface area contributed by atoms with Crippen LogP contribution in [0.1, 0.15) is 18.4 Å². The maximum absolute atomic E-state index is 13.1. The predicted octanol–water partition coefficient (Wildman–Crippen LogP) is 4.29. The Morgan fingerprint density at radius 1 is 1.04 bits per heavy atom. The number of piperidine rings is 1. The van der Waals surface area contributed by atoms with Crippen molar-refractivity contribution in [3.05, 3.63) is 54.0 Å². The molecular formula is C17H16F4N2O. The SMILES string of the molecule is Fc1ccc(OC2CCN(c3ncccc3C(F)(F)F)CC2)cc1. The fourth-order valence-electron chi connectivity index (χ4n) is 2.76. The summed E-state index contributed by atoms with van der Waals surface area (Å²) in [6.07, 6.45) is -2.02. The molecule has 0 saturated carbocycles. The summed E-state index contributed by atoms with van der Waals surface area (Å²) in [5.74, 6) is 0.181. The van der Waals surface area contributed by atoms with Crippen LogP contribution in [0.3, 0.4) is 0 Å². The topological polar surface area (TPSA) is 25.4 Å². The number of ether oxygens (including phenoxy) is 1.